The molecule has 2 aromatic heterocycles. The molecule has 0 fully saturated rings. The quantitative estimate of drug-likeness (QED) is 0.428. The van der Waals surface area contributed by atoms with Crippen LogP contribution in [0.4, 0.5) is 0 Å². The molecule has 4 aromatic rings. The van der Waals surface area contributed by atoms with E-state index in [0.717, 1.165) is 0 Å². The van der Waals surface area contributed by atoms with Gasteiger partial charge in [-0.1, -0.05) is 53.2 Å². The van der Waals surface area contributed by atoms with Crippen LogP contribution in [-0.2, 0) is 0 Å². The third kappa shape index (κ3) is 3.86. The number of hydrogen-bond donors (Lipinski definition) is 1. The van der Waals surface area contributed by atoms with Crippen LogP contribution in [-0.4, -0.2) is 36.6 Å². The Hall–Kier alpha value is -2.67. The van der Waals surface area contributed by atoms with Crippen molar-refractivity contribution >= 4 is 38.9 Å². The van der Waals surface area contributed by atoms with Gasteiger partial charge in [-0.3, -0.25) is 4.79 Å². The molecule has 154 valence electrons. The van der Waals surface area contributed by atoms with E-state index in [4.69, 9.17) is 16.1 Å². The summed E-state index contributed by atoms with van der Waals surface area (Å²) in [5.74, 6) is 0.236. The van der Waals surface area contributed by atoms with Crippen molar-refractivity contribution in [1.29, 1.82) is 0 Å². The molecule has 0 aliphatic rings. The maximum atomic E-state index is 13.1. The van der Waals surface area contributed by atoms with Gasteiger partial charge in [0.2, 0.25) is 0 Å². The molecule has 1 N–H and O–H groups in total. The van der Waals surface area contributed by atoms with Crippen LogP contribution in [0.25, 0.3) is 21.3 Å². The van der Waals surface area contributed by atoms with E-state index in [1.54, 1.807) is 24.3 Å². The number of hydrogen-bond acceptors (Lipinski definition) is 5. The molecule has 5 nitrogen and oxygen atoms in total. The summed E-state index contributed by atoms with van der Waals surface area (Å²) in [5.41, 5.74) is 2.75. The molecule has 0 unspecified atom stereocenters. The van der Waals surface area contributed by atoms with Crippen LogP contribution in [0, 0.1) is 6.92 Å². The fraction of sp³-hybridized carbons (Fsp3) is 0.217. The van der Waals surface area contributed by atoms with Crippen molar-refractivity contribution < 1.29 is 9.32 Å². The zero-order chi connectivity index (χ0) is 21.3. The van der Waals surface area contributed by atoms with Crippen LogP contribution in [0.15, 0.2) is 58.4 Å². The number of nitrogens with one attached hydrogen (secondary N) is 1. The minimum Gasteiger partial charge on any atom is -0.360 e. The summed E-state index contributed by atoms with van der Waals surface area (Å²) in [6.07, 6.45) is 0. The topological polar surface area (TPSA) is 58.4 Å². The Labute approximate surface area is 184 Å². The van der Waals surface area contributed by atoms with Crippen molar-refractivity contribution in [3.63, 3.8) is 0 Å². The molecule has 0 bridgehead atoms. The Kier molecular flexibility index (Phi) is 5.90. The van der Waals surface area contributed by atoms with Gasteiger partial charge >= 0.3 is 0 Å². The number of aromatic nitrogens is 1. The molecule has 2 heterocycles. The molecular formula is C23H22ClN3O2S. The van der Waals surface area contributed by atoms with Crippen molar-refractivity contribution in [2.75, 3.05) is 20.6 Å². The fourth-order valence-electron chi connectivity index (χ4n) is 3.58. The van der Waals surface area contributed by atoms with Gasteiger partial charge in [0.1, 0.15) is 17.0 Å². The third-order valence-corrected chi connectivity index (χ3v) is 6.48. The largest absolute Gasteiger partial charge is 0.360 e. The first-order valence-electron chi connectivity index (χ1n) is 9.59. The predicted molar refractivity (Wildman–Crippen MR) is 122 cm³/mol. The number of fused-ring (bicyclic) bond motifs is 1. The average molecular weight is 440 g/mol. The lowest BCUT2D eigenvalue weighted by atomic mass is 10.0. The van der Waals surface area contributed by atoms with Gasteiger partial charge in [0.05, 0.1) is 11.1 Å². The lowest BCUT2D eigenvalue weighted by Gasteiger charge is -2.24. The van der Waals surface area contributed by atoms with E-state index in [1.165, 1.54) is 15.6 Å². The Morgan fingerprint density at radius 2 is 1.93 bits per heavy atom. The highest BCUT2D eigenvalue weighted by molar-refractivity contribution is 7.17. The van der Waals surface area contributed by atoms with Gasteiger partial charge in [-0.2, -0.15) is 0 Å². The number of amides is 1. The molecule has 30 heavy (non-hydrogen) atoms. The summed E-state index contributed by atoms with van der Waals surface area (Å²) in [4.78, 5) is 15.2. The second-order valence-electron chi connectivity index (χ2n) is 7.32. The van der Waals surface area contributed by atoms with Gasteiger partial charge in [0.15, 0.2) is 0 Å². The van der Waals surface area contributed by atoms with Gasteiger partial charge in [0.25, 0.3) is 5.91 Å². The number of nitrogens with zero attached hydrogens (tertiary/aromatic N) is 2. The van der Waals surface area contributed by atoms with Crippen LogP contribution >= 0.6 is 22.9 Å². The Morgan fingerprint density at radius 3 is 2.70 bits per heavy atom. The second kappa shape index (κ2) is 8.60. The van der Waals surface area contributed by atoms with Crippen LogP contribution < -0.4 is 5.32 Å². The number of benzene rings is 2. The number of halogens is 1. The number of carbonyl (C=O) groups excluding carboxylic acids is 1. The van der Waals surface area contributed by atoms with E-state index in [-0.39, 0.29) is 11.9 Å². The Balaban J connectivity index is 1.60. The van der Waals surface area contributed by atoms with E-state index < -0.39 is 0 Å². The van der Waals surface area contributed by atoms with Crippen LogP contribution in [0.2, 0.25) is 5.02 Å². The molecule has 4 rings (SSSR count). The van der Waals surface area contributed by atoms with E-state index >= 15 is 0 Å². The maximum absolute atomic E-state index is 13.1. The average Bonchev–Trinajstić information content (AvgIpc) is 3.32. The van der Waals surface area contributed by atoms with Gasteiger partial charge < -0.3 is 14.7 Å². The summed E-state index contributed by atoms with van der Waals surface area (Å²) >= 11 is 8.03. The first kappa shape index (κ1) is 20.6. The summed E-state index contributed by atoms with van der Waals surface area (Å²) in [6, 6.07) is 15.7. The van der Waals surface area contributed by atoms with E-state index in [1.807, 2.05) is 44.4 Å². The number of carbonyl (C=O) groups is 1. The first-order chi connectivity index (χ1) is 14.5. The minimum atomic E-state index is -0.227. The number of rotatable bonds is 6. The van der Waals surface area contributed by atoms with Crippen molar-refractivity contribution in [3.05, 3.63) is 75.8 Å². The SMILES string of the molecule is Cc1onc(-c2ccccc2Cl)c1C(=O)NC[C@@H](c1csc2ccccc12)N(C)C. The standard InChI is InChI=1S/C23H22ClN3O2S/c1-14-21(22(26-29-14)16-9-4-6-10-18(16)24)23(28)25-12-19(27(2)3)17-13-30-20-11-7-5-8-15(17)20/h4-11,13,19H,12H2,1-3H3,(H,25,28)/t19-/m0/s1. The van der Waals surface area contributed by atoms with E-state index in [0.29, 0.717) is 34.1 Å². The lowest BCUT2D eigenvalue weighted by Crippen LogP contribution is -2.34. The molecule has 1 amide bonds. The molecule has 0 saturated carbocycles. The minimum absolute atomic E-state index is 0.0361. The summed E-state index contributed by atoms with van der Waals surface area (Å²) in [6.45, 7) is 2.19. The molecule has 2 aromatic carbocycles. The van der Waals surface area contributed by atoms with Gasteiger partial charge in [-0.25, -0.2) is 0 Å². The molecule has 0 aliphatic heterocycles. The first-order valence-corrected chi connectivity index (χ1v) is 10.8. The van der Waals surface area contributed by atoms with Gasteiger partial charge in [0, 0.05) is 16.8 Å². The van der Waals surface area contributed by atoms with Gasteiger partial charge in [-0.15, -0.1) is 11.3 Å². The third-order valence-electron chi connectivity index (χ3n) is 5.17. The van der Waals surface area contributed by atoms with E-state index in [2.05, 4.69) is 32.9 Å². The van der Waals surface area contributed by atoms with Gasteiger partial charge in [-0.05, 0) is 49.5 Å². The highest BCUT2D eigenvalue weighted by Gasteiger charge is 2.25. The lowest BCUT2D eigenvalue weighted by molar-refractivity contribution is 0.0941. The molecule has 0 spiro atoms. The van der Waals surface area contributed by atoms with Crippen LogP contribution in [0.5, 0.6) is 0 Å². The fourth-order valence-corrected chi connectivity index (χ4v) is 4.81. The zero-order valence-corrected chi connectivity index (χ0v) is 18.6. The van der Waals surface area contributed by atoms with Crippen molar-refractivity contribution in [3.8, 4) is 11.3 Å². The molecule has 0 radical (unpaired) electrons. The normalized spacial score (nSPS) is 12.4. The molecule has 1 atom stereocenters. The van der Waals surface area contributed by atoms with Crippen molar-refractivity contribution in [1.82, 2.24) is 15.4 Å². The molecule has 7 heteroatoms. The molecule has 0 aliphatic carbocycles. The highest BCUT2D eigenvalue weighted by Crippen LogP contribution is 2.33. The summed E-state index contributed by atoms with van der Waals surface area (Å²) in [5, 5.41) is 11.1. The monoisotopic (exact) mass is 439 g/mol. The highest BCUT2D eigenvalue weighted by atomic mass is 35.5. The summed E-state index contributed by atoms with van der Waals surface area (Å²) in [7, 11) is 4.03. The molecular weight excluding hydrogens is 418 g/mol. The predicted octanol–water partition coefficient (Wildman–Crippen LogP) is 5.55. The Morgan fingerprint density at radius 1 is 1.20 bits per heavy atom. The van der Waals surface area contributed by atoms with Crippen molar-refractivity contribution in [2.24, 2.45) is 0 Å². The van der Waals surface area contributed by atoms with E-state index in [9.17, 15) is 4.79 Å². The number of likely N-dealkylation sites (N-methyl/N-ethyl adjacent to an activating group) is 1. The number of thiophene rings is 1. The Bertz CT molecular complexity index is 1200. The summed E-state index contributed by atoms with van der Waals surface area (Å²) < 4.78 is 6.57. The zero-order valence-electron chi connectivity index (χ0n) is 17.0. The second-order valence-corrected chi connectivity index (χ2v) is 8.64. The van der Waals surface area contributed by atoms with Crippen LogP contribution in [0.3, 0.4) is 0 Å². The number of aryl methyl sites for hydroxylation is 1. The van der Waals surface area contributed by atoms with Crippen LogP contribution in [0.1, 0.15) is 27.7 Å². The smallest absolute Gasteiger partial charge is 0.257 e. The molecule has 0 saturated heterocycles. The maximum Gasteiger partial charge on any atom is 0.257 e. The van der Waals surface area contributed by atoms with Crippen molar-refractivity contribution in [2.45, 2.75) is 13.0 Å².